The van der Waals surface area contributed by atoms with Gasteiger partial charge in [-0.2, -0.15) is 5.26 Å². The topological polar surface area (TPSA) is 69.0 Å². The third kappa shape index (κ3) is 3.04. The molecule has 1 fully saturated rings. The minimum atomic E-state index is 0.0715. The molecule has 19 heavy (non-hydrogen) atoms. The van der Waals surface area contributed by atoms with Crippen molar-refractivity contribution in [3.8, 4) is 6.07 Å². The number of nitrogens with one attached hydrogen (secondary N) is 1. The Bertz CT molecular complexity index is 518. The van der Waals surface area contributed by atoms with E-state index < -0.39 is 0 Å². The van der Waals surface area contributed by atoms with E-state index in [0.717, 1.165) is 30.4 Å². The Balaban J connectivity index is 2.10. The summed E-state index contributed by atoms with van der Waals surface area (Å²) >= 11 is 3.31. The second-order valence-electron chi connectivity index (χ2n) is 4.51. The molecule has 0 aliphatic carbocycles. The zero-order chi connectivity index (χ0) is 13.8. The Morgan fingerprint density at radius 3 is 2.84 bits per heavy atom. The second kappa shape index (κ2) is 6.02. The normalized spacial score (nSPS) is 15.9. The molecule has 0 radical (unpaired) electrons. The number of hydrogen-bond acceptors (Lipinski definition) is 4. The Kier molecular flexibility index (Phi) is 4.38. The lowest BCUT2D eigenvalue weighted by molar-refractivity contribution is -0.125. The molecular weight excluding hydrogens is 308 g/mol. The van der Waals surface area contributed by atoms with Gasteiger partial charge in [-0.05, 0) is 34.8 Å². The molecule has 1 aliphatic heterocycles. The van der Waals surface area contributed by atoms with Crippen molar-refractivity contribution in [2.24, 2.45) is 5.92 Å². The van der Waals surface area contributed by atoms with Crippen LogP contribution in [0.1, 0.15) is 18.4 Å². The summed E-state index contributed by atoms with van der Waals surface area (Å²) in [6, 6.07) is 3.94. The van der Waals surface area contributed by atoms with Gasteiger partial charge in [-0.1, -0.05) is 0 Å². The standard InChI is InChI=1S/C13H15BrN4O/c1-16-13(19)9-2-4-18(5-3-9)12-10(7-15)6-11(14)8-17-12/h6,8-9H,2-5H2,1H3,(H,16,19). The zero-order valence-electron chi connectivity index (χ0n) is 10.7. The summed E-state index contributed by atoms with van der Waals surface area (Å²) in [7, 11) is 1.67. The highest BCUT2D eigenvalue weighted by Gasteiger charge is 2.25. The predicted molar refractivity (Wildman–Crippen MR) is 75.7 cm³/mol. The zero-order valence-corrected chi connectivity index (χ0v) is 12.3. The summed E-state index contributed by atoms with van der Waals surface area (Å²) in [5, 5.41) is 11.8. The Morgan fingerprint density at radius 1 is 1.58 bits per heavy atom. The number of carbonyl (C=O) groups is 1. The van der Waals surface area contributed by atoms with Crippen LogP contribution in [-0.4, -0.2) is 31.0 Å². The van der Waals surface area contributed by atoms with Gasteiger partial charge in [-0.25, -0.2) is 4.98 Å². The van der Waals surface area contributed by atoms with Crippen LogP contribution < -0.4 is 10.2 Å². The fourth-order valence-electron chi connectivity index (χ4n) is 2.32. The number of halogens is 1. The van der Waals surface area contributed by atoms with Gasteiger partial charge in [-0.3, -0.25) is 4.79 Å². The average molecular weight is 323 g/mol. The van der Waals surface area contributed by atoms with Gasteiger partial charge in [0, 0.05) is 36.7 Å². The minimum Gasteiger partial charge on any atom is -0.359 e. The van der Waals surface area contributed by atoms with E-state index in [2.05, 4.69) is 37.2 Å². The maximum atomic E-state index is 11.6. The monoisotopic (exact) mass is 322 g/mol. The van der Waals surface area contributed by atoms with Crippen LogP contribution in [0.2, 0.25) is 0 Å². The number of piperidine rings is 1. The van der Waals surface area contributed by atoms with Gasteiger partial charge in [-0.15, -0.1) is 0 Å². The molecule has 1 aliphatic rings. The Labute approximate surface area is 120 Å². The average Bonchev–Trinajstić information content (AvgIpc) is 2.46. The smallest absolute Gasteiger partial charge is 0.222 e. The van der Waals surface area contributed by atoms with Crippen LogP contribution in [0.5, 0.6) is 0 Å². The van der Waals surface area contributed by atoms with Gasteiger partial charge < -0.3 is 10.2 Å². The molecule has 1 amide bonds. The summed E-state index contributed by atoms with van der Waals surface area (Å²) in [5.74, 6) is 0.882. The molecule has 5 nitrogen and oxygen atoms in total. The molecule has 0 atom stereocenters. The van der Waals surface area contributed by atoms with Crippen molar-refractivity contribution in [2.75, 3.05) is 25.0 Å². The van der Waals surface area contributed by atoms with Crippen LogP contribution in [-0.2, 0) is 4.79 Å². The highest BCUT2D eigenvalue weighted by Crippen LogP contribution is 2.26. The largest absolute Gasteiger partial charge is 0.359 e. The summed E-state index contributed by atoms with van der Waals surface area (Å²) < 4.78 is 0.799. The van der Waals surface area contributed by atoms with E-state index in [1.165, 1.54) is 0 Å². The number of hydrogen-bond donors (Lipinski definition) is 1. The SMILES string of the molecule is CNC(=O)C1CCN(c2ncc(Br)cc2C#N)CC1. The molecule has 0 aromatic carbocycles. The Morgan fingerprint density at radius 2 is 2.26 bits per heavy atom. The van der Waals surface area contributed by atoms with Gasteiger partial charge in [0.15, 0.2) is 0 Å². The molecule has 2 rings (SSSR count). The van der Waals surface area contributed by atoms with E-state index in [4.69, 9.17) is 5.26 Å². The van der Waals surface area contributed by atoms with Crippen LogP contribution >= 0.6 is 15.9 Å². The first kappa shape index (κ1) is 13.8. The molecule has 6 heteroatoms. The number of nitriles is 1. The molecule has 1 N–H and O–H groups in total. The molecule has 2 heterocycles. The van der Waals surface area contributed by atoms with Crippen molar-refractivity contribution in [3.63, 3.8) is 0 Å². The van der Waals surface area contributed by atoms with Crippen molar-refractivity contribution < 1.29 is 4.79 Å². The van der Waals surface area contributed by atoms with Crippen molar-refractivity contribution >= 4 is 27.7 Å². The predicted octanol–water partition coefficient (Wildman–Crippen LogP) is 1.68. The summed E-state index contributed by atoms with van der Waals surface area (Å²) in [6.07, 6.45) is 3.28. The van der Waals surface area contributed by atoms with Gasteiger partial charge in [0.2, 0.25) is 5.91 Å². The number of rotatable bonds is 2. The first-order valence-corrected chi connectivity index (χ1v) is 6.97. The fourth-order valence-corrected chi connectivity index (χ4v) is 2.66. The van der Waals surface area contributed by atoms with E-state index >= 15 is 0 Å². The van der Waals surface area contributed by atoms with E-state index in [0.29, 0.717) is 11.4 Å². The van der Waals surface area contributed by atoms with Crippen LogP contribution in [0.4, 0.5) is 5.82 Å². The Hall–Kier alpha value is -1.61. The number of pyridine rings is 1. The molecular formula is C13H15BrN4O. The van der Waals surface area contributed by atoms with Gasteiger partial charge in [0.25, 0.3) is 0 Å². The van der Waals surface area contributed by atoms with Crippen molar-refractivity contribution in [1.82, 2.24) is 10.3 Å². The van der Waals surface area contributed by atoms with E-state index in [1.54, 1.807) is 19.3 Å². The number of carbonyl (C=O) groups excluding carboxylic acids is 1. The highest BCUT2D eigenvalue weighted by molar-refractivity contribution is 9.10. The maximum Gasteiger partial charge on any atom is 0.222 e. The molecule has 0 unspecified atom stereocenters. The molecule has 0 spiro atoms. The van der Waals surface area contributed by atoms with Crippen LogP contribution in [0, 0.1) is 17.2 Å². The highest BCUT2D eigenvalue weighted by atomic mass is 79.9. The summed E-state index contributed by atoms with van der Waals surface area (Å²) in [4.78, 5) is 18.0. The lowest BCUT2D eigenvalue weighted by Gasteiger charge is -2.32. The molecule has 1 aromatic heterocycles. The second-order valence-corrected chi connectivity index (χ2v) is 5.43. The summed E-state index contributed by atoms with van der Waals surface area (Å²) in [5.41, 5.74) is 0.563. The molecule has 0 saturated carbocycles. The molecule has 0 bridgehead atoms. The lowest BCUT2D eigenvalue weighted by atomic mass is 9.96. The first-order valence-electron chi connectivity index (χ1n) is 6.18. The molecule has 1 saturated heterocycles. The number of anilines is 1. The van der Waals surface area contributed by atoms with Crippen molar-refractivity contribution in [1.29, 1.82) is 5.26 Å². The van der Waals surface area contributed by atoms with Crippen LogP contribution in [0.3, 0.4) is 0 Å². The van der Waals surface area contributed by atoms with Crippen LogP contribution in [0.25, 0.3) is 0 Å². The fraction of sp³-hybridized carbons (Fsp3) is 0.462. The molecule has 1 aromatic rings. The first-order chi connectivity index (χ1) is 9.15. The summed E-state index contributed by atoms with van der Waals surface area (Å²) in [6.45, 7) is 1.50. The van der Waals surface area contributed by atoms with E-state index in [9.17, 15) is 4.79 Å². The number of aromatic nitrogens is 1. The number of nitrogens with zero attached hydrogens (tertiary/aromatic N) is 3. The van der Waals surface area contributed by atoms with E-state index in [-0.39, 0.29) is 11.8 Å². The van der Waals surface area contributed by atoms with E-state index in [1.807, 2.05) is 0 Å². The van der Waals surface area contributed by atoms with Crippen molar-refractivity contribution in [3.05, 3.63) is 22.3 Å². The van der Waals surface area contributed by atoms with Gasteiger partial charge in [0.1, 0.15) is 11.9 Å². The minimum absolute atomic E-state index is 0.0715. The van der Waals surface area contributed by atoms with Crippen LogP contribution in [0.15, 0.2) is 16.7 Å². The third-order valence-electron chi connectivity index (χ3n) is 3.37. The quantitative estimate of drug-likeness (QED) is 0.899. The molecule has 100 valence electrons. The lowest BCUT2D eigenvalue weighted by Crippen LogP contribution is -2.40. The van der Waals surface area contributed by atoms with Gasteiger partial charge >= 0.3 is 0 Å². The van der Waals surface area contributed by atoms with Gasteiger partial charge in [0.05, 0.1) is 5.56 Å². The maximum absolute atomic E-state index is 11.6. The third-order valence-corrected chi connectivity index (χ3v) is 3.80. The number of amides is 1. The van der Waals surface area contributed by atoms with Crippen molar-refractivity contribution in [2.45, 2.75) is 12.8 Å².